The Labute approximate surface area is 156 Å². The molecular weight excluding hydrogens is 332 g/mol. The van der Waals surface area contributed by atoms with Gasteiger partial charge in [-0.25, -0.2) is 19.9 Å². The van der Waals surface area contributed by atoms with Gasteiger partial charge in [0.15, 0.2) is 0 Å². The van der Waals surface area contributed by atoms with Crippen molar-refractivity contribution >= 4 is 39.2 Å². The van der Waals surface area contributed by atoms with E-state index >= 15 is 0 Å². The topological polar surface area (TPSA) is 51.6 Å². The summed E-state index contributed by atoms with van der Waals surface area (Å²) in [7, 11) is 0. The second kappa shape index (κ2) is 6.57. The summed E-state index contributed by atoms with van der Waals surface area (Å²) in [6.07, 6.45) is 5.06. The first kappa shape index (κ1) is 15.6. The molecule has 0 fully saturated rings. The van der Waals surface area contributed by atoms with Crippen LogP contribution in [0.25, 0.3) is 39.2 Å². The lowest BCUT2D eigenvalue weighted by atomic mass is 10.2. The molecule has 2 heterocycles. The molecule has 5 aromatic rings. The zero-order valence-electron chi connectivity index (χ0n) is 14.6. The third kappa shape index (κ3) is 3.02. The van der Waals surface area contributed by atoms with Gasteiger partial charge in [-0.15, -0.1) is 0 Å². The van der Waals surface area contributed by atoms with Gasteiger partial charge in [0.1, 0.15) is 0 Å². The fourth-order valence-corrected chi connectivity index (χ4v) is 3.18. The molecule has 2 aromatic heterocycles. The van der Waals surface area contributed by atoms with E-state index in [4.69, 9.17) is 0 Å². The Morgan fingerprint density at radius 1 is 0.481 bits per heavy atom. The first-order chi connectivity index (χ1) is 13.4. The van der Waals surface area contributed by atoms with Crippen LogP contribution in [0.5, 0.6) is 0 Å². The minimum atomic E-state index is 0.924. The highest BCUT2D eigenvalue weighted by Crippen LogP contribution is 2.19. The molecule has 0 spiro atoms. The van der Waals surface area contributed by atoms with Crippen molar-refractivity contribution in [2.75, 3.05) is 0 Å². The van der Waals surface area contributed by atoms with E-state index in [0.29, 0.717) is 0 Å². The molecule has 0 aliphatic heterocycles. The maximum atomic E-state index is 4.53. The fourth-order valence-electron chi connectivity index (χ4n) is 3.18. The van der Waals surface area contributed by atoms with Crippen LogP contribution in [0, 0.1) is 0 Å². The average molecular weight is 348 g/mol. The Hall–Kier alpha value is -3.66. The van der Waals surface area contributed by atoms with Gasteiger partial charge >= 0.3 is 0 Å². The molecule has 6 rings (SSSR count). The molecule has 4 heteroatoms. The van der Waals surface area contributed by atoms with Crippen LogP contribution in [0.2, 0.25) is 0 Å². The van der Waals surface area contributed by atoms with Crippen LogP contribution in [-0.4, -0.2) is 19.9 Å². The molecule has 0 bridgehead atoms. The van der Waals surface area contributed by atoms with Gasteiger partial charge in [-0.1, -0.05) is 42.5 Å². The van der Waals surface area contributed by atoms with Gasteiger partial charge in [0, 0.05) is 6.42 Å². The summed E-state index contributed by atoms with van der Waals surface area (Å²) in [5.74, 6) is 0. The second-order valence-corrected chi connectivity index (χ2v) is 6.35. The first-order valence-corrected chi connectivity index (χ1v) is 8.90. The van der Waals surface area contributed by atoms with E-state index < -0.39 is 0 Å². The summed E-state index contributed by atoms with van der Waals surface area (Å²) >= 11 is 0. The Balaban J connectivity index is 0.000000119. The molecule has 128 valence electrons. The SMILES string of the molecule is C1=Cc2nc3ccccc3nc2C1.c1ccc2nc3ccccc3nc2c1. The molecule has 1 aliphatic carbocycles. The number of para-hydroxylation sites is 6. The van der Waals surface area contributed by atoms with Gasteiger partial charge < -0.3 is 0 Å². The van der Waals surface area contributed by atoms with Crippen LogP contribution in [0.3, 0.4) is 0 Å². The second-order valence-electron chi connectivity index (χ2n) is 6.35. The third-order valence-electron chi connectivity index (χ3n) is 4.51. The van der Waals surface area contributed by atoms with Crippen molar-refractivity contribution in [3.63, 3.8) is 0 Å². The average Bonchev–Trinajstić information content (AvgIpc) is 3.18. The maximum absolute atomic E-state index is 4.53. The quantitative estimate of drug-likeness (QED) is 0.370. The minimum absolute atomic E-state index is 0.924. The highest BCUT2D eigenvalue weighted by molar-refractivity contribution is 5.85. The normalized spacial score (nSPS) is 12.1. The van der Waals surface area contributed by atoms with Crippen molar-refractivity contribution in [1.82, 2.24) is 19.9 Å². The molecule has 4 nitrogen and oxygen atoms in total. The summed E-state index contributed by atoms with van der Waals surface area (Å²) in [6, 6.07) is 23.8. The summed E-state index contributed by atoms with van der Waals surface area (Å²) in [5.41, 5.74) is 7.89. The van der Waals surface area contributed by atoms with E-state index in [2.05, 4.69) is 26.0 Å². The predicted octanol–water partition coefficient (Wildman–Crippen LogP) is 4.98. The molecule has 0 saturated heterocycles. The van der Waals surface area contributed by atoms with Gasteiger partial charge in [0.25, 0.3) is 0 Å². The van der Waals surface area contributed by atoms with Crippen molar-refractivity contribution in [2.45, 2.75) is 6.42 Å². The Bertz CT molecular complexity index is 1200. The molecule has 3 aromatic carbocycles. The highest BCUT2D eigenvalue weighted by atomic mass is 14.8. The zero-order valence-corrected chi connectivity index (χ0v) is 14.6. The largest absolute Gasteiger partial charge is 0.249 e. The summed E-state index contributed by atoms with van der Waals surface area (Å²) in [6.45, 7) is 0. The van der Waals surface area contributed by atoms with Crippen molar-refractivity contribution < 1.29 is 0 Å². The van der Waals surface area contributed by atoms with Gasteiger partial charge in [0.05, 0.1) is 44.5 Å². The van der Waals surface area contributed by atoms with Crippen LogP contribution in [0.1, 0.15) is 11.4 Å². The standard InChI is InChI=1S/C12H8N2.C11H8N2/c1-2-6-10-9(5-1)13-11-7-3-4-8-12(11)14-10;1-2-5-9-8(4-1)12-10-6-3-7-11(10)13-9/h1-8H;1-6H,7H2. The molecule has 0 amide bonds. The minimum Gasteiger partial charge on any atom is -0.249 e. The van der Waals surface area contributed by atoms with Crippen LogP contribution in [-0.2, 0) is 6.42 Å². The van der Waals surface area contributed by atoms with E-state index in [0.717, 1.165) is 50.9 Å². The predicted molar refractivity (Wildman–Crippen MR) is 109 cm³/mol. The van der Waals surface area contributed by atoms with Gasteiger partial charge in [0.2, 0.25) is 0 Å². The number of hydrogen-bond donors (Lipinski definition) is 0. The van der Waals surface area contributed by atoms with Gasteiger partial charge in [-0.05, 0) is 42.5 Å². The van der Waals surface area contributed by atoms with E-state index in [-0.39, 0.29) is 0 Å². The van der Waals surface area contributed by atoms with Crippen molar-refractivity contribution in [1.29, 1.82) is 0 Å². The van der Waals surface area contributed by atoms with Crippen LogP contribution >= 0.6 is 0 Å². The number of nitrogens with zero attached hydrogens (tertiary/aromatic N) is 4. The van der Waals surface area contributed by atoms with Crippen molar-refractivity contribution in [2.24, 2.45) is 0 Å². The number of aromatic nitrogens is 4. The molecule has 0 N–H and O–H groups in total. The number of allylic oxidation sites excluding steroid dienone is 1. The lowest BCUT2D eigenvalue weighted by Gasteiger charge is -2.00. The van der Waals surface area contributed by atoms with Crippen LogP contribution in [0.4, 0.5) is 0 Å². The van der Waals surface area contributed by atoms with E-state index in [1.807, 2.05) is 78.9 Å². The number of benzene rings is 3. The first-order valence-electron chi connectivity index (χ1n) is 8.90. The smallest absolute Gasteiger partial charge is 0.0894 e. The summed E-state index contributed by atoms with van der Waals surface area (Å²) < 4.78 is 0. The number of fused-ring (bicyclic) bond motifs is 4. The fraction of sp³-hybridized carbons (Fsp3) is 0.0435. The molecule has 27 heavy (non-hydrogen) atoms. The molecule has 1 aliphatic rings. The van der Waals surface area contributed by atoms with E-state index in [1.165, 1.54) is 0 Å². The summed E-state index contributed by atoms with van der Waals surface area (Å²) in [4.78, 5) is 18.1. The molecule has 0 atom stereocenters. The summed E-state index contributed by atoms with van der Waals surface area (Å²) in [5, 5.41) is 0. The maximum Gasteiger partial charge on any atom is 0.0894 e. The zero-order chi connectivity index (χ0) is 18.1. The molecular formula is C23H16N4. The van der Waals surface area contributed by atoms with E-state index in [9.17, 15) is 0 Å². The monoisotopic (exact) mass is 348 g/mol. The Morgan fingerprint density at radius 3 is 1.37 bits per heavy atom. The Kier molecular flexibility index (Phi) is 3.79. The lowest BCUT2D eigenvalue weighted by Crippen LogP contribution is -1.92. The third-order valence-corrected chi connectivity index (χ3v) is 4.51. The molecule has 0 radical (unpaired) electrons. The number of rotatable bonds is 0. The van der Waals surface area contributed by atoms with Gasteiger partial charge in [-0.2, -0.15) is 0 Å². The van der Waals surface area contributed by atoms with Crippen LogP contribution in [0.15, 0.2) is 78.9 Å². The lowest BCUT2D eigenvalue weighted by molar-refractivity contribution is 1.12. The van der Waals surface area contributed by atoms with Crippen LogP contribution < -0.4 is 0 Å². The van der Waals surface area contributed by atoms with Gasteiger partial charge in [-0.3, -0.25) is 0 Å². The number of hydrogen-bond acceptors (Lipinski definition) is 4. The Morgan fingerprint density at radius 2 is 0.889 bits per heavy atom. The highest BCUT2D eigenvalue weighted by Gasteiger charge is 2.08. The van der Waals surface area contributed by atoms with Crippen molar-refractivity contribution in [3.05, 3.63) is 90.3 Å². The molecule has 0 unspecified atom stereocenters. The van der Waals surface area contributed by atoms with E-state index in [1.54, 1.807) is 0 Å². The molecule has 0 saturated carbocycles. The van der Waals surface area contributed by atoms with Crippen molar-refractivity contribution in [3.8, 4) is 0 Å².